The molecule has 0 aromatic heterocycles. The molecular weight excluding hydrogens is 268 g/mol. The third kappa shape index (κ3) is 5.46. The molecule has 0 amide bonds. The number of aliphatic hydroxyl groups is 2. The second-order valence-corrected chi connectivity index (χ2v) is 5.24. The van der Waals surface area contributed by atoms with Gasteiger partial charge in [0, 0.05) is 35.9 Å². The lowest BCUT2D eigenvalue weighted by atomic mass is 10.2. The van der Waals surface area contributed by atoms with E-state index in [1.165, 1.54) is 23.9 Å². The van der Waals surface area contributed by atoms with Crippen molar-refractivity contribution < 1.29 is 15.1 Å². The summed E-state index contributed by atoms with van der Waals surface area (Å²) >= 11 is 1.54. The SMILES string of the molecule is Cc1cc([N+](=O)[O-])ccc1NCCSCC(O)CO. The molecule has 3 N–H and O–H groups in total. The summed E-state index contributed by atoms with van der Waals surface area (Å²) in [4.78, 5) is 10.2. The summed E-state index contributed by atoms with van der Waals surface area (Å²) in [5.41, 5.74) is 1.78. The lowest BCUT2D eigenvalue weighted by molar-refractivity contribution is -0.384. The second kappa shape index (κ2) is 7.98. The van der Waals surface area contributed by atoms with Crippen molar-refractivity contribution >= 4 is 23.1 Å². The summed E-state index contributed by atoms with van der Waals surface area (Å²) < 4.78 is 0. The third-order valence-electron chi connectivity index (χ3n) is 2.50. The Balaban J connectivity index is 2.35. The summed E-state index contributed by atoms with van der Waals surface area (Å²) in [7, 11) is 0. The first kappa shape index (κ1) is 15.7. The quantitative estimate of drug-likeness (QED) is 0.380. The standard InChI is InChI=1S/C12H18N2O4S/c1-9-6-10(14(17)18)2-3-12(9)13-4-5-19-8-11(16)7-15/h2-3,6,11,13,15-16H,4-5,7-8H2,1H3. The maximum absolute atomic E-state index is 10.6. The first-order valence-electron chi connectivity index (χ1n) is 5.90. The Bertz CT molecular complexity index is 428. The number of nitro benzene ring substituents is 1. The molecule has 0 heterocycles. The summed E-state index contributed by atoms with van der Waals surface area (Å²) in [5, 5.41) is 31.6. The number of anilines is 1. The Hall–Kier alpha value is -1.31. The Labute approximate surface area is 116 Å². The zero-order chi connectivity index (χ0) is 14.3. The molecule has 0 aliphatic heterocycles. The minimum Gasteiger partial charge on any atom is -0.394 e. The molecule has 0 radical (unpaired) electrons. The molecule has 106 valence electrons. The molecule has 0 aliphatic carbocycles. The number of aryl methyl sites for hydroxylation is 1. The molecule has 0 bridgehead atoms. The topological polar surface area (TPSA) is 95.6 Å². The van der Waals surface area contributed by atoms with Gasteiger partial charge < -0.3 is 15.5 Å². The van der Waals surface area contributed by atoms with E-state index in [4.69, 9.17) is 10.2 Å². The summed E-state index contributed by atoms with van der Waals surface area (Å²) in [6.45, 7) is 2.29. The van der Waals surface area contributed by atoms with E-state index in [0.29, 0.717) is 12.3 Å². The summed E-state index contributed by atoms with van der Waals surface area (Å²) in [6, 6.07) is 4.70. The molecule has 19 heavy (non-hydrogen) atoms. The van der Waals surface area contributed by atoms with Crippen molar-refractivity contribution in [2.24, 2.45) is 0 Å². The monoisotopic (exact) mass is 286 g/mol. The van der Waals surface area contributed by atoms with Gasteiger partial charge in [0.15, 0.2) is 0 Å². The molecule has 1 rings (SSSR count). The van der Waals surface area contributed by atoms with Crippen LogP contribution in [0.15, 0.2) is 18.2 Å². The molecule has 1 aromatic rings. The van der Waals surface area contributed by atoms with Crippen LogP contribution in [-0.2, 0) is 0 Å². The minimum atomic E-state index is -0.675. The number of rotatable bonds is 8. The van der Waals surface area contributed by atoms with Crippen molar-refractivity contribution in [3.63, 3.8) is 0 Å². The van der Waals surface area contributed by atoms with Crippen molar-refractivity contribution in [3.8, 4) is 0 Å². The number of non-ortho nitro benzene ring substituents is 1. The molecule has 0 aliphatic rings. The zero-order valence-electron chi connectivity index (χ0n) is 10.7. The fourth-order valence-corrected chi connectivity index (χ4v) is 2.28. The average molecular weight is 286 g/mol. The van der Waals surface area contributed by atoms with Gasteiger partial charge in [-0.25, -0.2) is 0 Å². The average Bonchev–Trinajstić information content (AvgIpc) is 2.39. The van der Waals surface area contributed by atoms with Crippen molar-refractivity contribution in [3.05, 3.63) is 33.9 Å². The van der Waals surface area contributed by atoms with E-state index in [2.05, 4.69) is 5.32 Å². The van der Waals surface area contributed by atoms with Crippen molar-refractivity contribution in [2.75, 3.05) is 30.0 Å². The maximum Gasteiger partial charge on any atom is 0.269 e. The number of nitrogens with zero attached hydrogens (tertiary/aromatic N) is 1. The van der Waals surface area contributed by atoms with Gasteiger partial charge in [0.05, 0.1) is 17.6 Å². The molecule has 0 saturated carbocycles. The zero-order valence-corrected chi connectivity index (χ0v) is 11.5. The Morgan fingerprint density at radius 3 is 2.84 bits per heavy atom. The Morgan fingerprint density at radius 2 is 2.26 bits per heavy atom. The normalized spacial score (nSPS) is 12.2. The largest absolute Gasteiger partial charge is 0.394 e. The predicted octanol–water partition coefficient (Wildman–Crippen LogP) is 1.40. The van der Waals surface area contributed by atoms with Crippen LogP contribution < -0.4 is 5.32 Å². The first-order valence-corrected chi connectivity index (χ1v) is 7.05. The van der Waals surface area contributed by atoms with E-state index in [1.54, 1.807) is 6.07 Å². The number of nitro groups is 1. The highest BCUT2D eigenvalue weighted by atomic mass is 32.2. The van der Waals surface area contributed by atoms with Crippen molar-refractivity contribution in [1.29, 1.82) is 0 Å². The molecule has 1 unspecified atom stereocenters. The molecule has 0 fully saturated rings. The Morgan fingerprint density at radius 1 is 1.53 bits per heavy atom. The highest BCUT2D eigenvalue weighted by molar-refractivity contribution is 7.99. The molecular formula is C12H18N2O4S. The van der Waals surface area contributed by atoms with E-state index in [1.807, 2.05) is 6.92 Å². The van der Waals surface area contributed by atoms with Crippen LogP contribution in [0.5, 0.6) is 0 Å². The lowest BCUT2D eigenvalue weighted by Crippen LogP contribution is -2.16. The highest BCUT2D eigenvalue weighted by Gasteiger charge is 2.07. The molecule has 0 spiro atoms. The van der Waals surface area contributed by atoms with E-state index >= 15 is 0 Å². The van der Waals surface area contributed by atoms with Gasteiger partial charge in [-0.3, -0.25) is 10.1 Å². The second-order valence-electron chi connectivity index (χ2n) is 4.09. The van der Waals surface area contributed by atoms with Gasteiger partial charge in [-0.15, -0.1) is 0 Å². The molecule has 1 aromatic carbocycles. The number of nitrogens with one attached hydrogen (secondary N) is 1. The van der Waals surface area contributed by atoms with Gasteiger partial charge in [0.1, 0.15) is 0 Å². The summed E-state index contributed by atoms with van der Waals surface area (Å²) in [6.07, 6.45) is -0.675. The van der Waals surface area contributed by atoms with Crippen LogP contribution in [0, 0.1) is 17.0 Å². The van der Waals surface area contributed by atoms with E-state index < -0.39 is 11.0 Å². The number of hydrogen-bond donors (Lipinski definition) is 3. The predicted molar refractivity (Wildman–Crippen MR) is 76.7 cm³/mol. The van der Waals surface area contributed by atoms with E-state index in [9.17, 15) is 10.1 Å². The third-order valence-corrected chi connectivity index (χ3v) is 3.62. The van der Waals surface area contributed by atoms with Crippen LogP contribution in [0.1, 0.15) is 5.56 Å². The van der Waals surface area contributed by atoms with E-state index in [0.717, 1.165) is 17.0 Å². The van der Waals surface area contributed by atoms with Crippen LogP contribution in [0.4, 0.5) is 11.4 Å². The molecule has 6 nitrogen and oxygen atoms in total. The van der Waals surface area contributed by atoms with Crippen LogP contribution in [0.25, 0.3) is 0 Å². The van der Waals surface area contributed by atoms with Gasteiger partial charge in [0.25, 0.3) is 5.69 Å². The number of thioether (sulfide) groups is 1. The first-order chi connectivity index (χ1) is 9.04. The van der Waals surface area contributed by atoms with Gasteiger partial charge >= 0.3 is 0 Å². The van der Waals surface area contributed by atoms with Crippen molar-refractivity contribution in [1.82, 2.24) is 0 Å². The van der Waals surface area contributed by atoms with Crippen molar-refractivity contribution in [2.45, 2.75) is 13.0 Å². The smallest absolute Gasteiger partial charge is 0.269 e. The minimum absolute atomic E-state index is 0.0866. The van der Waals surface area contributed by atoms with Gasteiger partial charge in [-0.1, -0.05) is 0 Å². The molecule has 1 atom stereocenters. The fraction of sp³-hybridized carbons (Fsp3) is 0.500. The van der Waals surface area contributed by atoms with Crippen LogP contribution >= 0.6 is 11.8 Å². The highest BCUT2D eigenvalue weighted by Crippen LogP contribution is 2.21. The van der Waals surface area contributed by atoms with Crippen LogP contribution in [0.3, 0.4) is 0 Å². The fourth-order valence-electron chi connectivity index (χ4n) is 1.49. The lowest BCUT2D eigenvalue weighted by Gasteiger charge is -2.10. The maximum atomic E-state index is 10.6. The van der Waals surface area contributed by atoms with Crippen LogP contribution in [0.2, 0.25) is 0 Å². The van der Waals surface area contributed by atoms with Crippen LogP contribution in [-0.4, -0.2) is 45.9 Å². The number of aliphatic hydroxyl groups excluding tert-OH is 2. The summed E-state index contributed by atoms with van der Waals surface area (Å²) in [5.74, 6) is 1.28. The number of hydrogen-bond acceptors (Lipinski definition) is 6. The number of benzene rings is 1. The molecule has 0 saturated heterocycles. The molecule has 7 heteroatoms. The van der Waals surface area contributed by atoms with E-state index in [-0.39, 0.29) is 12.3 Å². The Kier molecular flexibility index (Phi) is 6.61. The van der Waals surface area contributed by atoms with Gasteiger partial charge in [-0.05, 0) is 18.6 Å². The van der Waals surface area contributed by atoms with Gasteiger partial charge in [0.2, 0.25) is 0 Å². The van der Waals surface area contributed by atoms with Gasteiger partial charge in [-0.2, -0.15) is 11.8 Å².